The summed E-state index contributed by atoms with van der Waals surface area (Å²) in [5.41, 5.74) is 3.26. The van der Waals surface area contributed by atoms with Gasteiger partial charge in [0.25, 0.3) is 5.91 Å². The van der Waals surface area contributed by atoms with Gasteiger partial charge >= 0.3 is 6.03 Å². The lowest BCUT2D eigenvalue weighted by molar-refractivity contribution is -0.118. The third-order valence-corrected chi connectivity index (χ3v) is 3.46. The highest BCUT2D eigenvalue weighted by Crippen LogP contribution is 2.35. The molecule has 0 spiro atoms. The zero-order chi connectivity index (χ0) is 16.2. The first-order chi connectivity index (χ1) is 11.1. The van der Waals surface area contributed by atoms with Crippen molar-refractivity contribution in [2.45, 2.75) is 13.5 Å². The Morgan fingerprint density at radius 3 is 2.78 bits per heavy atom. The fourth-order valence-corrected chi connectivity index (χ4v) is 2.27. The molecular weight excluding hydrogens is 294 g/mol. The second-order valence-electron chi connectivity index (χ2n) is 5.31. The van der Waals surface area contributed by atoms with Crippen LogP contribution in [0.5, 0.6) is 5.75 Å². The third kappa shape index (κ3) is 3.60. The maximum atomic E-state index is 12.0. The average Bonchev–Trinajstić information content (AvgIpc) is 2.54. The van der Waals surface area contributed by atoms with E-state index < -0.39 is 0 Å². The van der Waals surface area contributed by atoms with Crippen LogP contribution in [0.15, 0.2) is 42.5 Å². The van der Waals surface area contributed by atoms with E-state index in [9.17, 15) is 9.59 Å². The minimum atomic E-state index is -0.334. The van der Waals surface area contributed by atoms with Crippen molar-refractivity contribution in [2.75, 3.05) is 17.2 Å². The number of fused-ring (bicyclic) bond motifs is 1. The molecule has 3 amide bonds. The van der Waals surface area contributed by atoms with Crippen molar-refractivity contribution >= 4 is 23.3 Å². The SMILES string of the molecule is Cc1ccc(CNC(=O)Nc2cccc3c2OCC(=O)N3)cc1. The molecule has 0 radical (unpaired) electrons. The molecule has 6 heteroatoms. The summed E-state index contributed by atoms with van der Waals surface area (Å²) >= 11 is 0. The van der Waals surface area contributed by atoms with Gasteiger partial charge in [0.1, 0.15) is 0 Å². The lowest BCUT2D eigenvalue weighted by Crippen LogP contribution is -2.30. The summed E-state index contributed by atoms with van der Waals surface area (Å²) in [5, 5.41) is 8.23. The van der Waals surface area contributed by atoms with Crippen LogP contribution in [0, 0.1) is 6.92 Å². The minimum Gasteiger partial charge on any atom is -0.479 e. The Balaban J connectivity index is 1.63. The first-order valence-corrected chi connectivity index (χ1v) is 7.28. The van der Waals surface area contributed by atoms with Gasteiger partial charge in [-0.15, -0.1) is 0 Å². The third-order valence-electron chi connectivity index (χ3n) is 3.46. The number of urea groups is 1. The minimum absolute atomic E-state index is 0.0589. The number of rotatable bonds is 3. The molecule has 0 atom stereocenters. The van der Waals surface area contributed by atoms with E-state index in [1.807, 2.05) is 31.2 Å². The van der Waals surface area contributed by atoms with Crippen LogP contribution in [-0.4, -0.2) is 18.5 Å². The number of para-hydroxylation sites is 1. The maximum absolute atomic E-state index is 12.0. The zero-order valence-electron chi connectivity index (χ0n) is 12.7. The Labute approximate surface area is 133 Å². The van der Waals surface area contributed by atoms with Crippen LogP contribution in [0.1, 0.15) is 11.1 Å². The number of anilines is 2. The number of aryl methyl sites for hydroxylation is 1. The van der Waals surface area contributed by atoms with Crippen molar-refractivity contribution in [3.8, 4) is 5.75 Å². The van der Waals surface area contributed by atoms with E-state index >= 15 is 0 Å². The lowest BCUT2D eigenvalue weighted by atomic mass is 10.1. The number of hydrogen-bond acceptors (Lipinski definition) is 3. The first kappa shape index (κ1) is 14.9. The summed E-state index contributed by atoms with van der Waals surface area (Å²) < 4.78 is 5.39. The number of carbonyl (C=O) groups is 2. The highest BCUT2D eigenvalue weighted by atomic mass is 16.5. The molecule has 0 unspecified atom stereocenters. The van der Waals surface area contributed by atoms with E-state index in [1.165, 1.54) is 5.56 Å². The molecule has 0 aromatic heterocycles. The van der Waals surface area contributed by atoms with Crippen LogP contribution >= 0.6 is 0 Å². The monoisotopic (exact) mass is 311 g/mol. The molecule has 1 aliphatic heterocycles. The van der Waals surface area contributed by atoms with Gasteiger partial charge in [0.05, 0.1) is 11.4 Å². The Kier molecular flexibility index (Phi) is 4.14. The van der Waals surface area contributed by atoms with E-state index in [4.69, 9.17) is 4.74 Å². The molecule has 1 aliphatic rings. The van der Waals surface area contributed by atoms with Crippen LogP contribution in [-0.2, 0) is 11.3 Å². The van der Waals surface area contributed by atoms with Gasteiger partial charge < -0.3 is 20.7 Å². The number of amides is 3. The van der Waals surface area contributed by atoms with Gasteiger partial charge in [0.15, 0.2) is 12.4 Å². The van der Waals surface area contributed by atoms with E-state index in [2.05, 4.69) is 16.0 Å². The number of ether oxygens (including phenoxy) is 1. The van der Waals surface area contributed by atoms with Gasteiger partial charge in [-0.3, -0.25) is 4.79 Å². The van der Waals surface area contributed by atoms with Gasteiger partial charge in [0.2, 0.25) is 0 Å². The molecule has 118 valence electrons. The standard InChI is InChI=1S/C17H17N3O3/c1-11-5-7-12(8-6-11)9-18-17(22)20-14-4-2-3-13-16(14)23-10-15(21)19-13/h2-8H,9-10H2,1H3,(H,19,21)(H2,18,20,22). The smallest absolute Gasteiger partial charge is 0.319 e. The molecule has 6 nitrogen and oxygen atoms in total. The quantitative estimate of drug-likeness (QED) is 0.815. The van der Waals surface area contributed by atoms with E-state index in [0.717, 1.165) is 5.56 Å². The van der Waals surface area contributed by atoms with Crippen molar-refractivity contribution in [1.29, 1.82) is 0 Å². The Hall–Kier alpha value is -3.02. The molecule has 23 heavy (non-hydrogen) atoms. The summed E-state index contributed by atoms with van der Waals surface area (Å²) in [7, 11) is 0. The van der Waals surface area contributed by atoms with Crippen LogP contribution in [0.3, 0.4) is 0 Å². The van der Waals surface area contributed by atoms with E-state index in [1.54, 1.807) is 18.2 Å². The van der Waals surface area contributed by atoms with Crippen molar-refractivity contribution in [3.05, 3.63) is 53.6 Å². The second kappa shape index (κ2) is 6.39. The van der Waals surface area contributed by atoms with Crippen molar-refractivity contribution in [3.63, 3.8) is 0 Å². The normalized spacial score (nSPS) is 12.7. The second-order valence-corrected chi connectivity index (χ2v) is 5.31. The Bertz CT molecular complexity index is 741. The zero-order valence-corrected chi connectivity index (χ0v) is 12.7. The molecule has 3 N–H and O–H groups in total. The van der Waals surface area contributed by atoms with E-state index in [-0.39, 0.29) is 18.5 Å². The number of carbonyl (C=O) groups excluding carboxylic acids is 2. The maximum Gasteiger partial charge on any atom is 0.319 e. The molecular formula is C17H17N3O3. The molecule has 3 rings (SSSR count). The van der Waals surface area contributed by atoms with Crippen LogP contribution in [0.4, 0.5) is 16.2 Å². The highest BCUT2D eigenvalue weighted by molar-refractivity contribution is 5.99. The predicted octanol–water partition coefficient (Wildman–Crippen LogP) is 2.65. The molecule has 0 fully saturated rings. The van der Waals surface area contributed by atoms with Crippen molar-refractivity contribution in [1.82, 2.24) is 5.32 Å². The molecule has 0 bridgehead atoms. The van der Waals surface area contributed by atoms with Crippen LogP contribution < -0.4 is 20.7 Å². The first-order valence-electron chi connectivity index (χ1n) is 7.28. The number of hydrogen-bond donors (Lipinski definition) is 3. The van der Waals surface area contributed by atoms with Gasteiger partial charge in [-0.2, -0.15) is 0 Å². The molecule has 0 saturated heterocycles. The predicted molar refractivity (Wildman–Crippen MR) is 87.6 cm³/mol. The van der Waals surface area contributed by atoms with Gasteiger partial charge in [-0.25, -0.2) is 4.79 Å². The fourth-order valence-electron chi connectivity index (χ4n) is 2.27. The Morgan fingerprint density at radius 1 is 1.22 bits per heavy atom. The Morgan fingerprint density at radius 2 is 2.00 bits per heavy atom. The van der Waals surface area contributed by atoms with Crippen molar-refractivity contribution < 1.29 is 14.3 Å². The molecule has 0 saturated carbocycles. The summed E-state index contributed by atoms with van der Waals surface area (Å²) in [6.07, 6.45) is 0. The average molecular weight is 311 g/mol. The van der Waals surface area contributed by atoms with Gasteiger partial charge in [-0.1, -0.05) is 35.9 Å². The van der Waals surface area contributed by atoms with Crippen LogP contribution in [0.25, 0.3) is 0 Å². The number of nitrogens with one attached hydrogen (secondary N) is 3. The lowest BCUT2D eigenvalue weighted by Gasteiger charge is -2.20. The topological polar surface area (TPSA) is 79.5 Å². The molecule has 1 heterocycles. The summed E-state index contributed by atoms with van der Waals surface area (Å²) in [6, 6.07) is 12.8. The van der Waals surface area contributed by atoms with Gasteiger partial charge in [-0.05, 0) is 24.6 Å². The summed E-state index contributed by atoms with van der Waals surface area (Å²) in [5.74, 6) is 0.260. The van der Waals surface area contributed by atoms with Crippen LogP contribution in [0.2, 0.25) is 0 Å². The summed E-state index contributed by atoms with van der Waals surface area (Å²) in [4.78, 5) is 23.3. The van der Waals surface area contributed by atoms with Gasteiger partial charge in [0, 0.05) is 6.54 Å². The van der Waals surface area contributed by atoms with E-state index in [0.29, 0.717) is 23.7 Å². The molecule has 2 aromatic rings. The number of benzene rings is 2. The van der Waals surface area contributed by atoms with Crippen molar-refractivity contribution in [2.24, 2.45) is 0 Å². The molecule has 2 aromatic carbocycles. The largest absolute Gasteiger partial charge is 0.479 e. The summed E-state index contributed by atoms with van der Waals surface area (Å²) in [6.45, 7) is 2.39. The molecule has 0 aliphatic carbocycles. The highest BCUT2D eigenvalue weighted by Gasteiger charge is 2.19. The fraction of sp³-hybridized carbons (Fsp3) is 0.176.